The molecule has 0 unspecified atom stereocenters. The molecule has 0 radical (unpaired) electrons. The van der Waals surface area contributed by atoms with Crippen molar-refractivity contribution in [2.24, 2.45) is 0 Å². The summed E-state index contributed by atoms with van der Waals surface area (Å²) in [6, 6.07) is 4.35. The van der Waals surface area contributed by atoms with Gasteiger partial charge in [0.1, 0.15) is 5.82 Å². The van der Waals surface area contributed by atoms with E-state index < -0.39 is 0 Å². The lowest BCUT2D eigenvalue weighted by Gasteiger charge is -2.17. The third-order valence-electron chi connectivity index (χ3n) is 2.58. The molecular formula is C11H17N3. The average molecular weight is 191 g/mol. The molecule has 0 saturated heterocycles. The molecule has 0 atom stereocenters. The van der Waals surface area contributed by atoms with Crippen molar-refractivity contribution >= 4 is 5.82 Å². The predicted octanol–water partition coefficient (Wildman–Crippen LogP) is 1.20. The van der Waals surface area contributed by atoms with E-state index in [1.807, 2.05) is 7.05 Å². The number of aromatic nitrogens is 1. The van der Waals surface area contributed by atoms with E-state index in [0.717, 1.165) is 25.3 Å². The molecule has 0 spiro atoms. The summed E-state index contributed by atoms with van der Waals surface area (Å²) in [5.74, 6) is 1.10. The molecule has 1 aromatic rings. The van der Waals surface area contributed by atoms with Crippen molar-refractivity contribution in [3.8, 4) is 0 Å². The van der Waals surface area contributed by atoms with E-state index in [2.05, 4.69) is 27.8 Å². The minimum atomic E-state index is 0.992. The van der Waals surface area contributed by atoms with Gasteiger partial charge in [-0.3, -0.25) is 0 Å². The Kier molecular flexibility index (Phi) is 2.99. The summed E-state index contributed by atoms with van der Waals surface area (Å²) in [5, 5.41) is 6.48. The smallest absolute Gasteiger partial charge is 0.129 e. The number of fused-ring (bicyclic) bond motifs is 1. The standard InChI is InChI=1S/C11H17N3/c1-12-8-6-10-5-4-9-3-2-7-13-11(9)14-10/h4-5,12H,2-3,6-8H2,1H3,(H,13,14). The molecule has 3 nitrogen and oxygen atoms in total. The lowest BCUT2D eigenvalue weighted by molar-refractivity contribution is 0.766. The quantitative estimate of drug-likeness (QED) is 0.754. The molecule has 0 aromatic carbocycles. The molecule has 0 saturated carbocycles. The average Bonchev–Trinajstić information content (AvgIpc) is 2.26. The third kappa shape index (κ3) is 2.04. The zero-order valence-corrected chi connectivity index (χ0v) is 8.64. The first-order valence-corrected chi connectivity index (χ1v) is 5.27. The van der Waals surface area contributed by atoms with Gasteiger partial charge in [0.15, 0.2) is 0 Å². The molecule has 14 heavy (non-hydrogen) atoms. The Morgan fingerprint density at radius 2 is 2.43 bits per heavy atom. The van der Waals surface area contributed by atoms with Crippen LogP contribution in [0.2, 0.25) is 0 Å². The van der Waals surface area contributed by atoms with E-state index in [1.165, 1.54) is 24.1 Å². The summed E-state index contributed by atoms with van der Waals surface area (Å²) in [6.07, 6.45) is 3.40. The number of pyridine rings is 1. The molecular weight excluding hydrogens is 174 g/mol. The van der Waals surface area contributed by atoms with Gasteiger partial charge in [-0.25, -0.2) is 4.98 Å². The summed E-state index contributed by atoms with van der Waals surface area (Å²) in [7, 11) is 1.97. The topological polar surface area (TPSA) is 37.0 Å². The Balaban J connectivity index is 2.12. The normalized spacial score (nSPS) is 14.6. The molecule has 2 rings (SSSR count). The number of likely N-dealkylation sites (N-methyl/N-ethyl adjacent to an activating group) is 1. The van der Waals surface area contributed by atoms with Crippen LogP contribution in [-0.2, 0) is 12.8 Å². The van der Waals surface area contributed by atoms with E-state index in [1.54, 1.807) is 0 Å². The van der Waals surface area contributed by atoms with Crippen LogP contribution < -0.4 is 10.6 Å². The second-order valence-corrected chi connectivity index (χ2v) is 3.69. The minimum absolute atomic E-state index is 0.992. The van der Waals surface area contributed by atoms with Crippen molar-refractivity contribution < 1.29 is 0 Å². The number of anilines is 1. The van der Waals surface area contributed by atoms with Crippen LogP contribution in [0.4, 0.5) is 5.82 Å². The fourth-order valence-electron chi connectivity index (χ4n) is 1.76. The highest BCUT2D eigenvalue weighted by molar-refractivity contribution is 5.46. The molecule has 76 valence electrons. The van der Waals surface area contributed by atoms with Gasteiger partial charge >= 0.3 is 0 Å². The molecule has 0 aliphatic carbocycles. The largest absolute Gasteiger partial charge is 0.370 e. The van der Waals surface area contributed by atoms with Gasteiger partial charge in [-0.1, -0.05) is 6.07 Å². The molecule has 2 N–H and O–H groups in total. The second kappa shape index (κ2) is 4.42. The molecule has 0 amide bonds. The van der Waals surface area contributed by atoms with Crippen molar-refractivity contribution in [2.45, 2.75) is 19.3 Å². The summed E-state index contributed by atoms with van der Waals surface area (Å²) in [5.41, 5.74) is 2.54. The molecule has 3 heteroatoms. The summed E-state index contributed by atoms with van der Waals surface area (Å²) in [6.45, 7) is 2.06. The van der Waals surface area contributed by atoms with Crippen molar-refractivity contribution in [3.05, 3.63) is 23.4 Å². The van der Waals surface area contributed by atoms with E-state index in [-0.39, 0.29) is 0 Å². The van der Waals surface area contributed by atoms with Gasteiger partial charge in [-0.05, 0) is 31.5 Å². The summed E-state index contributed by atoms with van der Waals surface area (Å²) >= 11 is 0. The fourth-order valence-corrected chi connectivity index (χ4v) is 1.76. The number of rotatable bonds is 3. The van der Waals surface area contributed by atoms with Gasteiger partial charge in [-0.15, -0.1) is 0 Å². The fraction of sp³-hybridized carbons (Fsp3) is 0.545. The van der Waals surface area contributed by atoms with Gasteiger partial charge in [0.2, 0.25) is 0 Å². The maximum Gasteiger partial charge on any atom is 0.129 e. The van der Waals surface area contributed by atoms with Gasteiger partial charge in [-0.2, -0.15) is 0 Å². The first-order valence-electron chi connectivity index (χ1n) is 5.27. The van der Waals surface area contributed by atoms with Gasteiger partial charge in [0, 0.05) is 25.2 Å². The first-order chi connectivity index (χ1) is 6.90. The van der Waals surface area contributed by atoms with Crippen molar-refractivity contribution in [1.29, 1.82) is 0 Å². The Hall–Kier alpha value is -1.09. The molecule has 1 aromatic heterocycles. The zero-order chi connectivity index (χ0) is 9.80. The van der Waals surface area contributed by atoms with E-state index >= 15 is 0 Å². The minimum Gasteiger partial charge on any atom is -0.370 e. The van der Waals surface area contributed by atoms with Gasteiger partial charge < -0.3 is 10.6 Å². The van der Waals surface area contributed by atoms with Crippen molar-refractivity contribution in [2.75, 3.05) is 25.5 Å². The zero-order valence-electron chi connectivity index (χ0n) is 8.64. The number of hydrogen-bond donors (Lipinski definition) is 2. The Morgan fingerprint density at radius 3 is 3.29 bits per heavy atom. The van der Waals surface area contributed by atoms with Crippen LogP contribution >= 0.6 is 0 Å². The van der Waals surface area contributed by atoms with Crippen LogP contribution in [0.15, 0.2) is 12.1 Å². The SMILES string of the molecule is CNCCc1ccc2c(n1)NCCC2. The highest BCUT2D eigenvalue weighted by atomic mass is 15.0. The molecule has 1 aliphatic rings. The van der Waals surface area contributed by atoms with Crippen LogP contribution in [0.25, 0.3) is 0 Å². The number of nitrogens with one attached hydrogen (secondary N) is 2. The third-order valence-corrected chi connectivity index (χ3v) is 2.58. The lowest BCUT2D eigenvalue weighted by atomic mass is 10.1. The summed E-state index contributed by atoms with van der Waals surface area (Å²) in [4.78, 5) is 4.60. The van der Waals surface area contributed by atoms with Crippen LogP contribution in [0.5, 0.6) is 0 Å². The Morgan fingerprint density at radius 1 is 1.50 bits per heavy atom. The maximum absolute atomic E-state index is 4.60. The summed E-state index contributed by atoms with van der Waals surface area (Å²) < 4.78 is 0. The predicted molar refractivity (Wildman–Crippen MR) is 58.7 cm³/mol. The highest BCUT2D eigenvalue weighted by Gasteiger charge is 2.09. The number of aryl methyl sites for hydroxylation is 1. The van der Waals surface area contributed by atoms with E-state index in [0.29, 0.717) is 0 Å². The van der Waals surface area contributed by atoms with Crippen LogP contribution in [0.3, 0.4) is 0 Å². The monoisotopic (exact) mass is 191 g/mol. The maximum atomic E-state index is 4.60. The van der Waals surface area contributed by atoms with Gasteiger partial charge in [0.05, 0.1) is 0 Å². The van der Waals surface area contributed by atoms with Crippen LogP contribution in [-0.4, -0.2) is 25.1 Å². The molecule has 0 fully saturated rings. The van der Waals surface area contributed by atoms with Crippen LogP contribution in [0, 0.1) is 0 Å². The van der Waals surface area contributed by atoms with Crippen molar-refractivity contribution in [3.63, 3.8) is 0 Å². The molecule has 0 bridgehead atoms. The number of nitrogens with zero attached hydrogens (tertiary/aromatic N) is 1. The van der Waals surface area contributed by atoms with E-state index in [9.17, 15) is 0 Å². The van der Waals surface area contributed by atoms with Crippen LogP contribution in [0.1, 0.15) is 17.7 Å². The van der Waals surface area contributed by atoms with Crippen molar-refractivity contribution in [1.82, 2.24) is 10.3 Å². The molecule has 2 heterocycles. The Labute approximate surface area is 84.9 Å². The second-order valence-electron chi connectivity index (χ2n) is 3.69. The first kappa shape index (κ1) is 9.46. The molecule has 1 aliphatic heterocycles. The Bertz CT molecular complexity index is 309. The van der Waals surface area contributed by atoms with Gasteiger partial charge in [0.25, 0.3) is 0 Å². The number of hydrogen-bond acceptors (Lipinski definition) is 3. The lowest BCUT2D eigenvalue weighted by Crippen LogP contribution is -2.16. The van der Waals surface area contributed by atoms with E-state index in [4.69, 9.17) is 0 Å². The highest BCUT2D eigenvalue weighted by Crippen LogP contribution is 2.19.